The lowest BCUT2D eigenvalue weighted by molar-refractivity contribution is 1.01. The number of hydrogen-bond acceptors (Lipinski definition) is 2. The quantitative estimate of drug-likeness (QED) is 0.634. The van der Waals surface area contributed by atoms with Crippen molar-refractivity contribution < 1.29 is 0 Å². The second-order valence-electron chi connectivity index (χ2n) is 4.21. The number of fused-ring (bicyclic) bond motifs is 1. The second-order valence-corrected chi connectivity index (χ2v) is 4.21. The standard InChI is InChI=1S/C14H13N3/c1-10-5-3-4-6-13(10)12-7-8-14-16-15-11(2)17(14)9-12/h3-9H,1-2H3. The van der Waals surface area contributed by atoms with Crippen LogP contribution in [0.3, 0.4) is 0 Å². The Labute approximate surface area is 99.7 Å². The van der Waals surface area contributed by atoms with E-state index in [1.807, 2.05) is 17.4 Å². The molecule has 0 bridgehead atoms. The molecule has 3 nitrogen and oxygen atoms in total. The zero-order valence-electron chi connectivity index (χ0n) is 9.88. The van der Waals surface area contributed by atoms with Gasteiger partial charge in [0.05, 0.1) is 0 Å². The van der Waals surface area contributed by atoms with Gasteiger partial charge in [-0.1, -0.05) is 24.3 Å². The number of pyridine rings is 1. The molecule has 17 heavy (non-hydrogen) atoms. The predicted molar refractivity (Wildman–Crippen MR) is 67.9 cm³/mol. The van der Waals surface area contributed by atoms with Gasteiger partial charge in [-0.05, 0) is 42.7 Å². The molecular formula is C14H13N3. The molecule has 2 heterocycles. The molecule has 0 spiro atoms. The average Bonchev–Trinajstić information content (AvgIpc) is 2.71. The highest BCUT2D eigenvalue weighted by molar-refractivity contribution is 5.67. The smallest absolute Gasteiger partial charge is 0.160 e. The maximum Gasteiger partial charge on any atom is 0.160 e. The van der Waals surface area contributed by atoms with Crippen LogP contribution in [-0.4, -0.2) is 14.6 Å². The van der Waals surface area contributed by atoms with Crippen molar-refractivity contribution >= 4 is 5.65 Å². The van der Waals surface area contributed by atoms with Gasteiger partial charge in [-0.25, -0.2) is 0 Å². The minimum absolute atomic E-state index is 0.889. The average molecular weight is 223 g/mol. The molecule has 0 saturated heterocycles. The van der Waals surface area contributed by atoms with E-state index in [4.69, 9.17) is 0 Å². The van der Waals surface area contributed by atoms with Gasteiger partial charge in [0, 0.05) is 6.20 Å². The fraction of sp³-hybridized carbons (Fsp3) is 0.143. The molecule has 0 aliphatic heterocycles. The number of aromatic nitrogens is 3. The number of nitrogens with zero attached hydrogens (tertiary/aromatic N) is 3. The summed E-state index contributed by atoms with van der Waals surface area (Å²) in [6, 6.07) is 12.5. The Morgan fingerprint density at radius 3 is 2.59 bits per heavy atom. The highest BCUT2D eigenvalue weighted by atomic mass is 15.2. The number of aryl methyl sites for hydroxylation is 2. The van der Waals surface area contributed by atoms with Gasteiger partial charge in [-0.2, -0.15) is 0 Å². The van der Waals surface area contributed by atoms with Crippen molar-refractivity contribution in [2.45, 2.75) is 13.8 Å². The van der Waals surface area contributed by atoms with E-state index in [0.717, 1.165) is 11.5 Å². The van der Waals surface area contributed by atoms with Crippen LogP contribution < -0.4 is 0 Å². The molecule has 1 aromatic carbocycles. The lowest BCUT2D eigenvalue weighted by atomic mass is 10.0. The second kappa shape index (κ2) is 3.70. The highest BCUT2D eigenvalue weighted by Gasteiger charge is 2.04. The van der Waals surface area contributed by atoms with E-state index in [9.17, 15) is 0 Å². The summed E-state index contributed by atoms with van der Waals surface area (Å²) < 4.78 is 2.02. The first-order chi connectivity index (χ1) is 8.25. The molecule has 0 aliphatic rings. The van der Waals surface area contributed by atoms with Gasteiger partial charge >= 0.3 is 0 Å². The maximum absolute atomic E-state index is 4.09. The molecule has 3 aromatic rings. The molecule has 84 valence electrons. The molecular weight excluding hydrogens is 210 g/mol. The van der Waals surface area contributed by atoms with E-state index in [2.05, 4.69) is 53.6 Å². The summed E-state index contributed by atoms with van der Waals surface area (Å²) in [6.07, 6.45) is 2.09. The topological polar surface area (TPSA) is 30.2 Å². The first-order valence-electron chi connectivity index (χ1n) is 5.63. The van der Waals surface area contributed by atoms with Crippen LogP contribution in [-0.2, 0) is 0 Å². The monoisotopic (exact) mass is 223 g/mol. The van der Waals surface area contributed by atoms with Crippen LogP contribution in [0.4, 0.5) is 0 Å². The third-order valence-electron chi connectivity index (χ3n) is 3.03. The Morgan fingerprint density at radius 2 is 1.76 bits per heavy atom. The van der Waals surface area contributed by atoms with Crippen LogP contribution in [0.15, 0.2) is 42.6 Å². The Kier molecular flexibility index (Phi) is 2.18. The van der Waals surface area contributed by atoms with Crippen LogP contribution in [0.25, 0.3) is 16.8 Å². The summed E-state index contributed by atoms with van der Waals surface area (Å²) in [5.74, 6) is 0.912. The van der Waals surface area contributed by atoms with Gasteiger partial charge in [0.1, 0.15) is 5.82 Å². The van der Waals surface area contributed by atoms with Crippen molar-refractivity contribution in [1.82, 2.24) is 14.6 Å². The zero-order chi connectivity index (χ0) is 11.8. The van der Waals surface area contributed by atoms with Crippen molar-refractivity contribution in [3.63, 3.8) is 0 Å². The van der Waals surface area contributed by atoms with Crippen LogP contribution in [0.1, 0.15) is 11.4 Å². The Balaban J connectivity index is 2.24. The van der Waals surface area contributed by atoms with Crippen molar-refractivity contribution in [2.75, 3.05) is 0 Å². The van der Waals surface area contributed by atoms with Gasteiger partial charge in [-0.15, -0.1) is 10.2 Å². The molecule has 0 atom stereocenters. The molecule has 3 heteroatoms. The molecule has 0 fully saturated rings. The third-order valence-corrected chi connectivity index (χ3v) is 3.03. The third kappa shape index (κ3) is 1.60. The molecule has 0 N–H and O–H groups in total. The normalized spacial score (nSPS) is 10.9. The number of hydrogen-bond donors (Lipinski definition) is 0. The summed E-state index contributed by atoms with van der Waals surface area (Å²) in [5.41, 5.74) is 4.61. The van der Waals surface area contributed by atoms with Gasteiger partial charge in [-0.3, -0.25) is 4.40 Å². The summed E-state index contributed by atoms with van der Waals surface area (Å²) in [7, 11) is 0. The van der Waals surface area contributed by atoms with Gasteiger partial charge in [0.2, 0.25) is 0 Å². The van der Waals surface area contributed by atoms with Crippen molar-refractivity contribution in [3.05, 3.63) is 54.0 Å². The van der Waals surface area contributed by atoms with Gasteiger partial charge in [0.25, 0.3) is 0 Å². The van der Waals surface area contributed by atoms with Gasteiger partial charge < -0.3 is 0 Å². The van der Waals surface area contributed by atoms with E-state index >= 15 is 0 Å². The van der Waals surface area contributed by atoms with Crippen LogP contribution in [0.5, 0.6) is 0 Å². The molecule has 0 aliphatic carbocycles. The molecule has 0 unspecified atom stereocenters. The molecule has 0 radical (unpaired) electrons. The van der Waals surface area contributed by atoms with E-state index in [-0.39, 0.29) is 0 Å². The highest BCUT2D eigenvalue weighted by Crippen LogP contribution is 2.23. The SMILES string of the molecule is Cc1ccccc1-c1ccc2nnc(C)n2c1. The van der Waals surface area contributed by atoms with Crippen molar-refractivity contribution in [1.29, 1.82) is 0 Å². The summed E-state index contributed by atoms with van der Waals surface area (Å²) in [4.78, 5) is 0. The van der Waals surface area contributed by atoms with E-state index in [0.29, 0.717) is 0 Å². The van der Waals surface area contributed by atoms with E-state index in [1.54, 1.807) is 0 Å². The summed E-state index contributed by atoms with van der Waals surface area (Å²) in [5, 5.41) is 8.15. The number of rotatable bonds is 1. The van der Waals surface area contributed by atoms with Crippen molar-refractivity contribution in [3.8, 4) is 11.1 Å². The fourth-order valence-corrected chi connectivity index (χ4v) is 2.06. The Bertz CT molecular complexity index is 683. The number of benzene rings is 1. The first kappa shape index (κ1) is 10.0. The van der Waals surface area contributed by atoms with E-state index in [1.165, 1.54) is 16.7 Å². The van der Waals surface area contributed by atoms with E-state index < -0.39 is 0 Å². The van der Waals surface area contributed by atoms with Crippen LogP contribution in [0, 0.1) is 13.8 Å². The van der Waals surface area contributed by atoms with Gasteiger partial charge in [0.15, 0.2) is 5.65 Å². The predicted octanol–water partition coefficient (Wildman–Crippen LogP) is 3.01. The van der Waals surface area contributed by atoms with Crippen LogP contribution >= 0.6 is 0 Å². The minimum atomic E-state index is 0.889. The molecule has 3 rings (SSSR count). The summed E-state index contributed by atoms with van der Waals surface area (Å²) >= 11 is 0. The molecule has 0 saturated carbocycles. The maximum atomic E-state index is 4.09. The largest absolute Gasteiger partial charge is 0.286 e. The fourth-order valence-electron chi connectivity index (χ4n) is 2.06. The van der Waals surface area contributed by atoms with Crippen LogP contribution in [0.2, 0.25) is 0 Å². The first-order valence-corrected chi connectivity index (χ1v) is 5.63. The Morgan fingerprint density at radius 1 is 0.941 bits per heavy atom. The lowest BCUT2D eigenvalue weighted by Crippen LogP contribution is -1.90. The summed E-state index contributed by atoms with van der Waals surface area (Å²) in [6.45, 7) is 4.08. The molecule has 0 amide bonds. The van der Waals surface area contributed by atoms with Crippen molar-refractivity contribution in [2.24, 2.45) is 0 Å². The molecule has 2 aromatic heterocycles. The zero-order valence-corrected chi connectivity index (χ0v) is 9.88. The minimum Gasteiger partial charge on any atom is -0.286 e. The Hall–Kier alpha value is -2.16. The lowest BCUT2D eigenvalue weighted by Gasteiger charge is -2.06.